The number of nitrogens with one attached hydrogen (secondary N) is 2. The molecule has 2 atom stereocenters. The molecule has 0 aliphatic carbocycles. The normalized spacial score (nSPS) is 13.7. The Kier molecular flexibility index (Phi) is 10.8. The molecule has 198 valence electrons. The average molecular weight is 490 g/mol. The molecule has 0 aromatic heterocycles. The van der Waals surface area contributed by atoms with Crippen molar-refractivity contribution in [1.29, 1.82) is 0 Å². The monoisotopic (exact) mass is 489 g/mol. The van der Waals surface area contributed by atoms with E-state index < -0.39 is 29.3 Å². The molecule has 3 amide bonds. The van der Waals surface area contributed by atoms with Crippen LogP contribution >= 0.6 is 0 Å². The first-order chi connectivity index (χ1) is 16.0. The second kappa shape index (κ2) is 12.4. The lowest BCUT2D eigenvalue weighted by Gasteiger charge is -2.37. The number of alkyl carbamates (subject to hydrolysis) is 1. The van der Waals surface area contributed by atoms with Crippen LogP contribution in [-0.4, -0.2) is 46.5 Å². The van der Waals surface area contributed by atoms with Crippen molar-refractivity contribution in [2.24, 2.45) is 5.92 Å². The van der Waals surface area contributed by atoms with Crippen molar-refractivity contribution in [2.75, 3.05) is 6.54 Å². The standard InChI is InChI=1S/C28H47N3O4/c1-12-13-17-31(25(33)22(18(2)3)29-26(34)35-28(9,10)11)23(24(32)30-27(6,7)8)21-16-14-15-19(4)20(21)5/h14-16,18,22-23H,12-13,17H2,1-11H3,(H,29,34)(H,30,32). The summed E-state index contributed by atoms with van der Waals surface area (Å²) in [5.74, 6) is -0.742. The SMILES string of the molecule is CCCCN(C(=O)C(NC(=O)OC(C)(C)C)C(C)C)C(C(=O)NC(C)(C)C)c1cccc(C)c1C. The number of hydrogen-bond donors (Lipinski definition) is 2. The molecule has 0 bridgehead atoms. The van der Waals surface area contributed by atoms with Crippen LogP contribution < -0.4 is 10.6 Å². The minimum Gasteiger partial charge on any atom is -0.444 e. The second-order valence-corrected chi connectivity index (χ2v) is 11.7. The molecule has 2 N–H and O–H groups in total. The topological polar surface area (TPSA) is 87.7 Å². The molecule has 0 saturated heterocycles. The molecular formula is C28H47N3O4. The zero-order valence-corrected chi connectivity index (χ0v) is 23.7. The van der Waals surface area contributed by atoms with Crippen molar-refractivity contribution in [1.82, 2.24) is 15.5 Å². The lowest BCUT2D eigenvalue weighted by atomic mass is 9.93. The van der Waals surface area contributed by atoms with E-state index in [0.717, 1.165) is 29.5 Å². The van der Waals surface area contributed by atoms with Gasteiger partial charge in [-0.1, -0.05) is 45.4 Å². The van der Waals surface area contributed by atoms with Gasteiger partial charge in [-0.05, 0) is 84.4 Å². The summed E-state index contributed by atoms with van der Waals surface area (Å²) >= 11 is 0. The summed E-state index contributed by atoms with van der Waals surface area (Å²) in [5.41, 5.74) is 1.64. The fourth-order valence-electron chi connectivity index (χ4n) is 3.78. The highest BCUT2D eigenvalue weighted by Gasteiger charge is 2.38. The van der Waals surface area contributed by atoms with E-state index in [0.29, 0.717) is 6.54 Å². The molecule has 0 radical (unpaired) electrons. The molecule has 0 spiro atoms. The van der Waals surface area contributed by atoms with E-state index in [2.05, 4.69) is 10.6 Å². The first kappa shape index (κ1) is 30.5. The molecule has 0 aliphatic rings. The summed E-state index contributed by atoms with van der Waals surface area (Å²) in [4.78, 5) is 42.0. The summed E-state index contributed by atoms with van der Waals surface area (Å²) in [6, 6.07) is 4.16. The van der Waals surface area contributed by atoms with E-state index in [-0.39, 0.29) is 17.7 Å². The molecule has 0 saturated carbocycles. The van der Waals surface area contributed by atoms with Gasteiger partial charge in [0.05, 0.1) is 0 Å². The maximum absolute atomic E-state index is 14.0. The van der Waals surface area contributed by atoms with Gasteiger partial charge in [-0.2, -0.15) is 0 Å². The molecule has 7 heteroatoms. The molecule has 0 aliphatic heterocycles. The largest absolute Gasteiger partial charge is 0.444 e. The van der Waals surface area contributed by atoms with Gasteiger partial charge in [0, 0.05) is 12.1 Å². The number of nitrogens with zero attached hydrogens (tertiary/aromatic N) is 1. The molecule has 0 heterocycles. The molecule has 0 fully saturated rings. The summed E-state index contributed by atoms with van der Waals surface area (Å²) < 4.78 is 5.42. The van der Waals surface area contributed by atoms with E-state index in [4.69, 9.17) is 4.74 Å². The number of carbonyl (C=O) groups is 3. The highest BCUT2D eigenvalue weighted by molar-refractivity contribution is 5.92. The van der Waals surface area contributed by atoms with E-state index in [1.807, 2.05) is 73.6 Å². The number of unbranched alkanes of at least 4 members (excludes halogenated alkanes) is 1. The zero-order valence-electron chi connectivity index (χ0n) is 23.7. The molecule has 2 unspecified atom stereocenters. The Hall–Kier alpha value is -2.57. The summed E-state index contributed by atoms with van der Waals surface area (Å²) in [6.07, 6.45) is 0.936. The van der Waals surface area contributed by atoms with Crippen LogP contribution in [0.4, 0.5) is 4.79 Å². The third-order valence-electron chi connectivity index (χ3n) is 5.64. The average Bonchev–Trinajstić information content (AvgIpc) is 2.68. The first-order valence-corrected chi connectivity index (χ1v) is 12.7. The van der Waals surface area contributed by atoms with Crippen LogP contribution in [0.15, 0.2) is 18.2 Å². The van der Waals surface area contributed by atoms with Crippen LogP contribution in [-0.2, 0) is 14.3 Å². The fourth-order valence-corrected chi connectivity index (χ4v) is 3.78. The van der Waals surface area contributed by atoms with Gasteiger partial charge in [0.1, 0.15) is 17.7 Å². The Morgan fingerprint density at radius 2 is 1.63 bits per heavy atom. The predicted molar refractivity (Wildman–Crippen MR) is 141 cm³/mol. The third-order valence-corrected chi connectivity index (χ3v) is 5.64. The predicted octanol–water partition coefficient (Wildman–Crippen LogP) is 5.44. The van der Waals surface area contributed by atoms with Gasteiger partial charge < -0.3 is 20.3 Å². The Bertz CT molecular complexity index is 881. The van der Waals surface area contributed by atoms with Crippen LogP contribution in [0.25, 0.3) is 0 Å². The molecule has 35 heavy (non-hydrogen) atoms. The number of ether oxygens (including phenoxy) is 1. The van der Waals surface area contributed by atoms with E-state index >= 15 is 0 Å². The summed E-state index contributed by atoms with van der Waals surface area (Å²) in [5, 5.41) is 5.84. The summed E-state index contributed by atoms with van der Waals surface area (Å²) in [7, 11) is 0. The van der Waals surface area contributed by atoms with Gasteiger partial charge in [-0.3, -0.25) is 9.59 Å². The first-order valence-electron chi connectivity index (χ1n) is 12.7. The summed E-state index contributed by atoms with van der Waals surface area (Å²) in [6.45, 7) is 21.3. The van der Waals surface area contributed by atoms with Gasteiger partial charge in [-0.25, -0.2) is 4.79 Å². The number of hydrogen-bond acceptors (Lipinski definition) is 4. The molecule has 7 nitrogen and oxygen atoms in total. The van der Waals surface area contributed by atoms with E-state index in [1.54, 1.807) is 25.7 Å². The quantitative estimate of drug-likeness (QED) is 0.484. The highest BCUT2D eigenvalue weighted by Crippen LogP contribution is 2.29. The van der Waals surface area contributed by atoms with Crippen molar-refractivity contribution >= 4 is 17.9 Å². The van der Waals surface area contributed by atoms with Crippen molar-refractivity contribution in [3.05, 3.63) is 34.9 Å². The minimum atomic E-state index is -0.836. The molecule has 1 rings (SSSR count). The number of carbonyl (C=O) groups excluding carboxylic acids is 3. The van der Waals surface area contributed by atoms with Gasteiger partial charge >= 0.3 is 6.09 Å². The van der Waals surface area contributed by atoms with Crippen LogP contribution in [0.1, 0.15) is 97.9 Å². The Morgan fingerprint density at radius 3 is 2.11 bits per heavy atom. The number of benzene rings is 1. The van der Waals surface area contributed by atoms with Crippen LogP contribution in [0, 0.1) is 19.8 Å². The molecule has 1 aromatic carbocycles. The fraction of sp³-hybridized carbons (Fsp3) is 0.679. The highest BCUT2D eigenvalue weighted by atomic mass is 16.6. The maximum Gasteiger partial charge on any atom is 0.408 e. The van der Waals surface area contributed by atoms with Gasteiger partial charge in [0.25, 0.3) is 0 Å². The minimum absolute atomic E-state index is 0.205. The zero-order chi connectivity index (χ0) is 27.1. The number of rotatable bonds is 9. The maximum atomic E-state index is 14.0. The Labute approximate surface area is 212 Å². The second-order valence-electron chi connectivity index (χ2n) is 11.7. The van der Waals surface area contributed by atoms with E-state index in [1.165, 1.54) is 0 Å². The van der Waals surface area contributed by atoms with Crippen molar-refractivity contribution < 1.29 is 19.1 Å². The molecular weight excluding hydrogens is 442 g/mol. The Morgan fingerprint density at radius 1 is 1.03 bits per heavy atom. The van der Waals surface area contributed by atoms with Crippen LogP contribution in [0.5, 0.6) is 0 Å². The molecule has 1 aromatic rings. The number of amides is 3. The van der Waals surface area contributed by atoms with E-state index in [9.17, 15) is 14.4 Å². The Balaban J connectivity index is 3.57. The number of aryl methyl sites for hydroxylation is 1. The smallest absolute Gasteiger partial charge is 0.408 e. The van der Waals surface area contributed by atoms with Crippen LogP contribution in [0.2, 0.25) is 0 Å². The van der Waals surface area contributed by atoms with Gasteiger partial charge in [0.2, 0.25) is 11.8 Å². The van der Waals surface area contributed by atoms with Crippen molar-refractivity contribution in [2.45, 2.75) is 112 Å². The van der Waals surface area contributed by atoms with Crippen LogP contribution in [0.3, 0.4) is 0 Å². The lowest BCUT2D eigenvalue weighted by molar-refractivity contribution is -0.144. The third kappa shape index (κ3) is 9.54. The van der Waals surface area contributed by atoms with Crippen molar-refractivity contribution in [3.63, 3.8) is 0 Å². The van der Waals surface area contributed by atoms with Gasteiger partial charge in [0.15, 0.2) is 0 Å². The van der Waals surface area contributed by atoms with Crippen molar-refractivity contribution in [3.8, 4) is 0 Å². The lowest BCUT2D eigenvalue weighted by Crippen LogP contribution is -2.56. The van der Waals surface area contributed by atoms with Gasteiger partial charge in [-0.15, -0.1) is 0 Å².